The topological polar surface area (TPSA) is 82.2 Å². The maximum Gasteiger partial charge on any atom is 0.319 e. The van der Waals surface area contributed by atoms with Gasteiger partial charge in [-0.3, -0.25) is 0 Å². The zero-order chi connectivity index (χ0) is 22.7. The molecule has 172 valence electrons. The third-order valence-electron chi connectivity index (χ3n) is 6.40. The molecule has 1 saturated carbocycles. The molecule has 2 amide bonds. The molecule has 2 aliphatic rings. The second kappa shape index (κ2) is 10.1. The number of halogens is 1. The molecule has 0 saturated heterocycles. The number of amides is 2. The van der Waals surface area contributed by atoms with Gasteiger partial charge in [0.25, 0.3) is 0 Å². The Balaban J connectivity index is 1.30. The van der Waals surface area contributed by atoms with Crippen LogP contribution in [-0.4, -0.2) is 42.2 Å². The monoisotopic (exact) mass is 500 g/mol. The van der Waals surface area contributed by atoms with Gasteiger partial charge in [-0.15, -0.1) is 0 Å². The van der Waals surface area contributed by atoms with Gasteiger partial charge in [-0.25, -0.2) is 9.78 Å². The molecular formula is C24H33BrN6O. The number of rotatable bonds is 5. The van der Waals surface area contributed by atoms with Crippen molar-refractivity contribution in [3.05, 3.63) is 39.5 Å². The maximum absolute atomic E-state index is 12.4. The third-order valence-corrected chi connectivity index (χ3v) is 7.29. The highest BCUT2D eigenvalue weighted by molar-refractivity contribution is 9.10. The first-order chi connectivity index (χ1) is 15.4. The molecule has 0 bridgehead atoms. The number of nitrogens with one attached hydrogen (secondary N) is 3. The smallest absolute Gasteiger partial charge is 0.319 e. The Kier molecular flexibility index (Phi) is 7.18. The van der Waals surface area contributed by atoms with Crippen molar-refractivity contribution in [1.29, 1.82) is 0 Å². The molecular weight excluding hydrogens is 468 g/mol. The highest BCUT2D eigenvalue weighted by Crippen LogP contribution is 2.29. The van der Waals surface area contributed by atoms with Crippen molar-refractivity contribution in [2.45, 2.75) is 70.4 Å². The van der Waals surface area contributed by atoms with Crippen molar-refractivity contribution in [3.63, 3.8) is 0 Å². The summed E-state index contributed by atoms with van der Waals surface area (Å²) in [5.41, 5.74) is 4.41. The normalized spacial score (nSPS) is 20.2. The maximum atomic E-state index is 12.4. The number of nitrogens with zero attached hydrogens (tertiary/aromatic N) is 3. The summed E-state index contributed by atoms with van der Waals surface area (Å²) in [5, 5.41) is 9.64. The number of hydrogen-bond acceptors (Lipinski definition) is 5. The number of anilines is 3. The lowest BCUT2D eigenvalue weighted by atomic mass is 9.91. The summed E-state index contributed by atoms with van der Waals surface area (Å²) < 4.78 is 1.04. The van der Waals surface area contributed by atoms with Crippen LogP contribution in [0.25, 0.3) is 0 Å². The van der Waals surface area contributed by atoms with E-state index in [9.17, 15) is 4.79 Å². The van der Waals surface area contributed by atoms with E-state index in [1.165, 1.54) is 24.1 Å². The standard InChI is InChI=1S/C24H33BrN6O/c1-15-14-18(12-13-20(15)25)28-24(32)27-17-10-8-16(9-11-17)26-23-29-21-7-5-4-6-19(21)22(30-23)31(2)3/h12-14,16-17H,4-11H2,1-3H3,(H,26,29,30)(H2,27,28,32). The van der Waals surface area contributed by atoms with E-state index in [0.717, 1.165) is 66.0 Å². The SMILES string of the molecule is Cc1cc(NC(=O)NC2CCC(Nc3nc4c(c(N(C)C)n3)CCCC4)CC2)ccc1Br. The van der Waals surface area contributed by atoms with Gasteiger partial charge >= 0.3 is 6.03 Å². The summed E-state index contributed by atoms with van der Waals surface area (Å²) in [5.74, 6) is 1.79. The lowest BCUT2D eigenvalue weighted by Gasteiger charge is -2.30. The van der Waals surface area contributed by atoms with Crippen LogP contribution in [0.3, 0.4) is 0 Å². The summed E-state index contributed by atoms with van der Waals surface area (Å²) in [7, 11) is 4.11. The number of carbonyl (C=O) groups is 1. The molecule has 0 atom stereocenters. The molecule has 4 rings (SSSR count). The Morgan fingerprint density at radius 2 is 1.78 bits per heavy atom. The Hall–Kier alpha value is -2.35. The zero-order valence-electron chi connectivity index (χ0n) is 19.2. The van der Waals surface area contributed by atoms with E-state index in [1.807, 2.05) is 25.1 Å². The van der Waals surface area contributed by atoms with Gasteiger partial charge in [0.1, 0.15) is 5.82 Å². The first kappa shape index (κ1) is 22.8. The zero-order valence-corrected chi connectivity index (χ0v) is 20.8. The van der Waals surface area contributed by atoms with E-state index < -0.39 is 0 Å². The molecule has 7 nitrogen and oxygen atoms in total. The third kappa shape index (κ3) is 5.52. The van der Waals surface area contributed by atoms with Gasteiger partial charge in [0.15, 0.2) is 0 Å². The number of hydrogen-bond donors (Lipinski definition) is 3. The first-order valence-corrected chi connectivity index (χ1v) is 12.4. The van der Waals surface area contributed by atoms with Crippen molar-refractivity contribution >= 4 is 39.4 Å². The molecule has 3 N–H and O–H groups in total. The molecule has 1 aromatic heterocycles. The summed E-state index contributed by atoms with van der Waals surface area (Å²) in [6.07, 6.45) is 8.38. The van der Waals surface area contributed by atoms with Crippen LogP contribution >= 0.6 is 15.9 Å². The van der Waals surface area contributed by atoms with Crippen LogP contribution < -0.4 is 20.9 Å². The van der Waals surface area contributed by atoms with Crippen LogP contribution in [0.5, 0.6) is 0 Å². The Morgan fingerprint density at radius 3 is 2.50 bits per heavy atom. The van der Waals surface area contributed by atoms with Gasteiger partial charge < -0.3 is 20.9 Å². The Bertz CT molecular complexity index is 971. The van der Waals surface area contributed by atoms with Crippen LogP contribution in [0.15, 0.2) is 22.7 Å². The average molecular weight is 501 g/mol. The second-order valence-electron chi connectivity index (χ2n) is 9.15. The number of benzene rings is 1. The molecule has 0 unspecified atom stereocenters. The lowest BCUT2D eigenvalue weighted by Crippen LogP contribution is -2.42. The summed E-state index contributed by atoms with van der Waals surface area (Å²) >= 11 is 3.49. The lowest BCUT2D eigenvalue weighted by molar-refractivity contribution is 0.243. The number of fused-ring (bicyclic) bond motifs is 1. The van der Waals surface area contributed by atoms with Gasteiger partial charge in [-0.2, -0.15) is 4.98 Å². The van der Waals surface area contributed by atoms with Crippen molar-refractivity contribution in [1.82, 2.24) is 15.3 Å². The van der Waals surface area contributed by atoms with Crippen LogP contribution in [0.1, 0.15) is 55.3 Å². The average Bonchev–Trinajstić information content (AvgIpc) is 2.77. The van der Waals surface area contributed by atoms with Crippen molar-refractivity contribution in [2.75, 3.05) is 29.6 Å². The van der Waals surface area contributed by atoms with Crippen molar-refractivity contribution < 1.29 is 4.79 Å². The second-order valence-corrected chi connectivity index (χ2v) is 10.0. The molecule has 8 heteroatoms. The fourth-order valence-corrected chi connectivity index (χ4v) is 4.90. The van der Waals surface area contributed by atoms with Gasteiger partial charge in [0, 0.05) is 41.9 Å². The highest BCUT2D eigenvalue weighted by Gasteiger charge is 2.25. The van der Waals surface area contributed by atoms with E-state index in [2.05, 4.69) is 50.9 Å². The van der Waals surface area contributed by atoms with Gasteiger partial charge in [-0.1, -0.05) is 15.9 Å². The van der Waals surface area contributed by atoms with Crippen LogP contribution in [0.4, 0.5) is 22.2 Å². The largest absolute Gasteiger partial charge is 0.362 e. The number of urea groups is 1. The highest BCUT2D eigenvalue weighted by atomic mass is 79.9. The van der Waals surface area contributed by atoms with Crippen molar-refractivity contribution in [3.8, 4) is 0 Å². The van der Waals surface area contributed by atoms with Gasteiger partial charge in [0.2, 0.25) is 5.95 Å². The van der Waals surface area contributed by atoms with Gasteiger partial charge in [0.05, 0.1) is 5.69 Å². The molecule has 0 spiro atoms. The van der Waals surface area contributed by atoms with E-state index in [4.69, 9.17) is 9.97 Å². The fourth-order valence-electron chi connectivity index (χ4n) is 4.65. The Morgan fingerprint density at radius 1 is 1.06 bits per heavy atom. The molecule has 0 aliphatic heterocycles. The first-order valence-electron chi connectivity index (χ1n) is 11.6. The quantitative estimate of drug-likeness (QED) is 0.535. The predicted molar refractivity (Wildman–Crippen MR) is 134 cm³/mol. The minimum absolute atomic E-state index is 0.142. The Labute approximate surface area is 198 Å². The van der Waals surface area contributed by atoms with Crippen LogP contribution in [0, 0.1) is 6.92 Å². The summed E-state index contributed by atoms with van der Waals surface area (Å²) in [6, 6.07) is 6.19. The molecule has 1 heterocycles. The molecule has 1 fully saturated rings. The van der Waals surface area contributed by atoms with Crippen LogP contribution in [-0.2, 0) is 12.8 Å². The predicted octanol–water partition coefficient (Wildman–Crippen LogP) is 5.04. The van der Waals surface area contributed by atoms with Crippen LogP contribution in [0.2, 0.25) is 0 Å². The fraction of sp³-hybridized carbons (Fsp3) is 0.542. The van der Waals surface area contributed by atoms with E-state index in [0.29, 0.717) is 6.04 Å². The molecule has 0 radical (unpaired) electrons. The minimum Gasteiger partial charge on any atom is -0.362 e. The minimum atomic E-state index is -0.142. The van der Waals surface area contributed by atoms with E-state index in [1.54, 1.807) is 0 Å². The molecule has 32 heavy (non-hydrogen) atoms. The number of aryl methyl sites for hydroxylation is 2. The summed E-state index contributed by atoms with van der Waals surface area (Å²) in [6.45, 7) is 2.01. The summed E-state index contributed by atoms with van der Waals surface area (Å²) in [4.78, 5) is 24.2. The number of aromatic nitrogens is 2. The van der Waals surface area contributed by atoms with Crippen molar-refractivity contribution in [2.24, 2.45) is 0 Å². The molecule has 2 aromatic rings. The molecule has 2 aliphatic carbocycles. The van der Waals surface area contributed by atoms with E-state index >= 15 is 0 Å². The molecule has 1 aromatic carbocycles. The van der Waals surface area contributed by atoms with Gasteiger partial charge in [-0.05, 0) is 82.1 Å². The number of carbonyl (C=O) groups excluding carboxylic acids is 1. The van der Waals surface area contributed by atoms with E-state index in [-0.39, 0.29) is 12.1 Å².